The van der Waals surface area contributed by atoms with E-state index in [1.54, 1.807) is 24.3 Å². The Hall–Kier alpha value is -2.74. The van der Waals surface area contributed by atoms with E-state index in [0.717, 1.165) is 31.2 Å². The molecule has 3 aromatic rings. The molecule has 1 saturated carbocycles. The first kappa shape index (κ1) is 19.6. The van der Waals surface area contributed by atoms with Crippen LogP contribution < -0.4 is 5.32 Å². The van der Waals surface area contributed by atoms with Gasteiger partial charge in [0.05, 0.1) is 29.3 Å². The molecule has 2 aromatic carbocycles. The largest absolute Gasteiger partial charge is 0.465 e. The molecule has 29 heavy (non-hydrogen) atoms. The summed E-state index contributed by atoms with van der Waals surface area (Å²) in [6.45, 7) is 0. The van der Waals surface area contributed by atoms with Crippen molar-refractivity contribution in [1.29, 1.82) is 0 Å². The van der Waals surface area contributed by atoms with Crippen LogP contribution in [-0.4, -0.2) is 28.5 Å². The van der Waals surface area contributed by atoms with Crippen LogP contribution in [0.5, 0.6) is 0 Å². The molecule has 4 rings (SSSR count). The molecule has 150 valence electrons. The van der Waals surface area contributed by atoms with Crippen molar-refractivity contribution >= 4 is 44.8 Å². The summed E-state index contributed by atoms with van der Waals surface area (Å²) in [6.07, 6.45) is 4.04. The maximum atomic E-state index is 14.2. The number of fused-ring (bicyclic) bond motifs is 1. The van der Waals surface area contributed by atoms with Crippen LogP contribution in [-0.2, 0) is 4.74 Å². The van der Waals surface area contributed by atoms with Crippen LogP contribution in [0.25, 0.3) is 11.0 Å². The van der Waals surface area contributed by atoms with Crippen molar-refractivity contribution in [1.82, 2.24) is 9.55 Å². The average Bonchev–Trinajstić information content (AvgIpc) is 3.33. The Labute approximate surface area is 175 Å². The number of nitrogens with zero attached hydrogens (tertiary/aromatic N) is 2. The van der Waals surface area contributed by atoms with E-state index in [-0.39, 0.29) is 11.6 Å². The molecule has 0 atom stereocenters. The Morgan fingerprint density at radius 2 is 2.00 bits per heavy atom. The second-order valence-corrected chi connectivity index (χ2v) is 7.84. The van der Waals surface area contributed by atoms with Crippen LogP contribution >= 0.6 is 15.9 Å². The lowest BCUT2D eigenvalue weighted by atomic mass is 10.2. The van der Waals surface area contributed by atoms with Crippen LogP contribution in [0.3, 0.4) is 0 Å². The van der Waals surface area contributed by atoms with Crippen molar-refractivity contribution in [3.05, 3.63) is 57.8 Å². The number of carbonyl (C=O) groups excluding carboxylic acids is 2. The van der Waals surface area contributed by atoms with E-state index < -0.39 is 17.7 Å². The molecule has 1 N–H and O–H groups in total. The van der Waals surface area contributed by atoms with Gasteiger partial charge in [-0.25, -0.2) is 14.2 Å². The molecule has 0 bridgehead atoms. The number of ether oxygens (including phenoxy) is 1. The number of esters is 1. The van der Waals surface area contributed by atoms with Gasteiger partial charge in [-0.15, -0.1) is 0 Å². The number of hydrogen-bond donors (Lipinski definition) is 1. The SMILES string of the molecule is COC(=O)c1ccc2nc(NC(=O)c3c(F)cccc3Br)n(C3CCCC3)c2c1. The predicted molar refractivity (Wildman–Crippen MR) is 111 cm³/mol. The van der Waals surface area contributed by atoms with Crippen LogP contribution in [0.2, 0.25) is 0 Å². The van der Waals surface area contributed by atoms with Crippen molar-refractivity contribution in [3.8, 4) is 0 Å². The Balaban J connectivity index is 1.80. The highest BCUT2D eigenvalue weighted by molar-refractivity contribution is 9.10. The molecule has 1 amide bonds. The summed E-state index contributed by atoms with van der Waals surface area (Å²) in [5.74, 6) is -1.30. The zero-order valence-corrected chi connectivity index (χ0v) is 17.3. The Bertz CT molecular complexity index is 1090. The Kier molecular flexibility index (Phi) is 5.36. The van der Waals surface area contributed by atoms with Gasteiger partial charge in [-0.2, -0.15) is 0 Å². The number of aromatic nitrogens is 2. The predicted octanol–water partition coefficient (Wildman–Crippen LogP) is 5.09. The van der Waals surface area contributed by atoms with Gasteiger partial charge in [-0.3, -0.25) is 10.1 Å². The van der Waals surface area contributed by atoms with E-state index in [2.05, 4.69) is 26.2 Å². The van der Waals surface area contributed by atoms with Gasteiger partial charge in [0.15, 0.2) is 0 Å². The summed E-state index contributed by atoms with van der Waals surface area (Å²) in [5.41, 5.74) is 1.72. The molecule has 1 aliphatic rings. The van der Waals surface area contributed by atoms with E-state index in [1.807, 2.05) is 4.57 Å². The molecule has 1 heterocycles. The molecular weight excluding hydrogens is 441 g/mol. The highest BCUT2D eigenvalue weighted by Crippen LogP contribution is 2.36. The van der Waals surface area contributed by atoms with Gasteiger partial charge in [0.2, 0.25) is 5.95 Å². The van der Waals surface area contributed by atoms with Gasteiger partial charge < -0.3 is 9.30 Å². The number of anilines is 1. The summed E-state index contributed by atoms with van der Waals surface area (Å²) < 4.78 is 21.4. The summed E-state index contributed by atoms with van der Waals surface area (Å²) in [6, 6.07) is 9.61. The number of carbonyl (C=O) groups is 2. The third-order valence-electron chi connectivity index (χ3n) is 5.22. The molecule has 0 aliphatic heterocycles. The Morgan fingerprint density at radius 1 is 1.24 bits per heavy atom. The zero-order chi connectivity index (χ0) is 20.5. The highest BCUT2D eigenvalue weighted by atomic mass is 79.9. The first-order valence-electron chi connectivity index (χ1n) is 9.35. The summed E-state index contributed by atoms with van der Waals surface area (Å²) in [4.78, 5) is 29.3. The minimum absolute atomic E-state index is 0.0761. The standard InChI is InChI=1S/C21H19BrFN3O3/c1-29-20(28)12-9-10-16-17(11-12)26(13-5-2-3-6-13)21(24-16)25-19(27)18-14(22)7-4-8-15(18)23/h4,7-11,13H,2-3,5-6H2,1H3,(H,24,25,27). The number of nitrogens with one attached hydrogen (secondary N) is 1. The minimum atomic E-state index is -0.617. The molecular formula is C21H19BrFN3O3. The fraction of sp³-hybridized carbons (Fsp3) is 0.286. The van der Waals surface area contributed by atoms with Crippen LogP contribution in [0, 0.1) is 5.82 Å². The van der Waals surface area contributed by atoms with Gasteiger partial charge in [0.25, 0.3) is 5.91 Å². The summed E-state index contributed by atoms with van der Waals surface area (Å²) >= 11 is 3.23. The van der Waals surface area contributed by atoms with Gasteiger partial charge in [-0.05, 0) is 59.1 Å². The lowest BCUT2D eigenvalue weighted by Crippen LogP contribution is -2.19. The first-order chi connectivity index (χ1) is 14.0. The average molecular weight is 460 g/mol. The van der Waals surface area contributed by atoms with E-state index in [0.29, 0.717) is 21.5 Å². The molecule has 8 heteroatoms. The maximum Gasteiger partial charge on any atom is 0.337 e. The number of imidazole rings is 1. The monoisotopic (exact) mass is 459 g/mol. The first-order valence-corrected chi connectivity index (χ1v) is 10.1. The summed E-state index contributed by atoms with van der Waals surface area (Å²) in [7, 11) is 1.33. The van der Waals surface area contributed by atoms with E-state index in [4.69, 9.17) is 4.74 Å². The second-order valence-electron chi connectivity index (χ2n) is 6.99. The fourth-order valence-electron chi connectivity index (χ4n) is 3.84. The number of halogens is 2. The van der Waals surface area contributed by atoms with Crippen molar-refractivity contribution in [2.75, 3.05) is 12.4 Å². The van der Waals surface area contributed by atoms with Crippen LogP contribution in [0.4, 0.5) is 10.3 Å². The van der Waals surface area contributed by atoms with E-state index in [9.17, 15) is 14.0 Å². The minimum Gasteiger partial charge on any atom is -0.465 e. The topological polar surface area (TPSA) is 73.2 Å². The van der Waals surface area contributed by atoms with Crippen molar-refractivity contribution in [2.45, 2.75) is 31.7 Å². The van der Waals surface area contributed by atoms with E-state index in [1.165, 1.54) is 19.2 Å². The molecule has 1 fully saturated rings. The van der Waals surface area contributed by atoms with Gasteiger partial charge in [-0.1, -0.05) is 18.9 Å². The number of benzene rings is 2. The second kappa shape index (κ2) is 7.94. The number of methoxy groups -OCH3 is 1. The lowest BCUT2D eigenvalue weighted by Gasteiger charge is -2.17. The van der Waals surface area contributed by atoms with Crippen LogP contribution in [0.15, 0.2) is 40.9 Å². The van der Waals surface area contributed by atoms with Gasteiger partial charge >= 0.3 is 5.97 Å². The van der Waals surface area contributed by atoms with Crippen molar-refractivity contribution in [3.63, 3.8) is 0 Å². The molecule has 0 spiro atoms. The molecule has 6 nitrogen and oxygen atoms in total. The molecule has 1 aliphatic carbocycles. The van der Waals surface area contributed by atoms with Crippen LogP contribution in [0.1, 0.15) is 52.4 Å². The molecule has 1 aromatic heterocycles. The molecule has 0 radical (unpaired) electrons. The van der Waals surface area contributed by atoms with E-state index >= 15 is 0 Å². The fourth-order valence-corrected chi connectivity index (χ4v) is 4.36. The Morgan fingerprint density at radius 3 is 2.69 bits per heavy atom. The number of amides is 1. The smallest absolute Gasteiger partial charge is 0.337 e. The maximum absolute atomic E-state index is 14.2. The lowest BCUT2D eigenvalue weighted by molar-refractivity contribution is 0.0600. The third kappa shape index (κ3) is 3.64. The molecule has 0 unspecified atom stereocenters. The number of rotatable bonds is 4. The normalized spacial score (nSPS) is 14.3. The van der Waals surface area contributed by atoms with Crippen molar-refractivity contribution < 1.29 is 18.7 Å². The quantitative estimate of drug-likeness (QED) is 0.551. The highest BCUT2D eigenvalue weighted by Gasteiger charge is 2.25. The third-order valence-corrected chi connectivity index (χ3v) is 5.88. The van der Waals surface area contributed by atoms with Gasteiger partial charge in [0.1, 0.15) is 5.82 Å². The summed E-state index contributed by atoms with van der Waals surface area (Å²) in [5, 5.41) is 2.76. The van der Waals surface area contributed by atoms with Crippen molar-refractivity contribution in [2.24, 2.45) is 0 Å². The number of hydrogen-bond acceptors (Lipinski definition) is 4. The van der Waals surface area contributed by atoms with Gasteiger partial charge in [0, 0.05) is 10.5 Å². The zero-order valence-electron chi connectivity index (χ0n) is 15.7. The molecule has 0 saturated heterocycles.